The topological polar surface area (TPSA) is 98.9 Å². The molecule has 1 atom stereocenters. The highest BCUT2D eigenvalue weighted by molar-refractivity contribution is 8.29. The van der Waals surface area contributed by atoms with E-state index in [1.807, 2.05) is 23.6 Å². The number of amidine groups is 1. The summed E-state index contributed by atoms with van der Waals surface area (Å²) in [6, 6.07) is 7.82. The van der Waals surface area contributed by atoms with Crippen molar-refractivity contribution < 1.29 is 9.53 Å². The van der Waals surface area contributed by atoms with Crippen LogP contribution in [0.15, 0.2) is 24.4 Å². The van der Waals surface area contributed by atoms with Gasteiger partial charge in [-0.3, -0.25) is 15.2 Å². The van der Waals surface area contributed by atoms with Gasteiger partial charge in [-0.1, -0.05) is 26.8 Å². The van der Waals surface area contributed by atoms with E-state index in [0.29, 0.717) is 23.7 Å². The summed E-state index contributed by atoms with van der Waals surface area (Å²) in [7, 11) is -0.556. The molecule has 6 nitrogen and oxygen atoms in total. The Bertz CT molecular complexity index is 983. The fraction of sp³-hybridized carbons (Fsp3) is 0.316. The molecule has 134 valence electrons. The minimum atomic E-state index is -0.556. The molecule has 1 aromatic heterocycles. The lowest BCUT2D eigenvalue weighted by molar-refractivity contribution is -0.116. The number of aromatic nitrogens is 1. The molecule has 1 amide bonds. The van der Waals surface area contributed by atoms with Crippen LogP contribution in [-0.2, 0) is 4.79 Å². The van der Waals surface area contributed by atoms with E-state index in [2.05, 4.69) is 37.1 Å². The third-order valence-electron chi connectivity index (χ3n) is 3.69. The van der Waals surface area contributed by atoms with E-state index in [9.17, 15) is 10.1 Å². The van der Waals surface area contributed by atoms with Crippen molar-refractivity contribution in [2.45, 2.75) is 20.8 Å². The standard InChI is InChI=1S/C19H20N4O2S/c1-19(2,3)11-25-17-13(7-20)8-22-15-5-4-12(6-14(15)17)9-26-10-16(24)23-18(26)21/h4-6,8-9H,10-11H2,1-3H3,(H2,21,23,24). The van der Waals surface area contributed by atoms with Crippen molar-refractivity contribution in [1.82, 2.24) is 10.3 Å². The molecule has 1 aromatic carbocycles. The fourth-order valence-electron chi connectivity index (χ4n) is 2.49. The molecular weight excluding hydrogens is 348 g/mol. The number of carbonyl (C=O) groups excluding carboxylic acids is 1. The van der Waals surface area contributed by atoms with E-state index < -0.39 is 10.5 Å². The predicted molar refractivity (Wildman–Crippen MR) is 105 cm³/mol. The van der Waals surface area contributed by atoms with Crippen LogP contribution in [0.2, 0.25) is 0 Å². The lowest BCUT2D eigenvalue weighted by Crippen LogP contribution is -2.19. The van der Waals surface area contributed by atoms with Crippen LogP contribution in [0.5, 0.6) is 5.75 Å². The molecule has 0 aliphatic carbocycles. The number of rotatable bonds is 3. The van der Waals surface area contributed by atoms with Gasteiger partial charge in [0.25, 0.3) is 0 Å². The van der Waals surface area contributed by atoms with Crippen LogP contribution in [-0.4, -0.2) is 33.8 Å². The molecule has 0 saturated carbocycles. The molecule has 1 aliphatic rings. The van der Waals surface area contributed by atoms with Crippen molar-refractivity contribution in [2.24, 2.45) is 5.41 Å². The number of hydrogen-bond donors (Lipinski definition) is 2. The zero-order chi connectivity index (χ0) is 18.9. The van der Waals surface area contributed by atoms with Crippen molar-refractivity contribution in [3.05, 3.63) is 35.5 Å². The van der Waals surface area contributed by atoms with Crippen LogP contribution < -0.4 is 10.1 Å². The molecule has 1 fully saturated rings. The number of fused-ring (bicyclic) bond motifs is 1. The number of nitrogens with zero attached hydrogens (tertiary/aromatic N) is 2. The largest absolute Gasteiger partial charge is 0.491 e. The number of pyridine rings is 1. The Kier molecular flexibility index (Phi) is 4.79. The van der Waals surface area contributed by atoms with E-state index in [1.165, 1.54) is 6.20 Å². The van der Waals surface area contributed by atoms with Gasteiger partial charge < -0.3 is 10.1 Å². The number of hydrogen-bond acceptors (Lipinski definition) is 5. The highest BCUT2D eigenvalue weighted by Crippen LogP contribution is 2.31. The number of benzene rings is 1. The number of amides is 1. The van der Waals surface area contributed by atoms with Crippen molar-refractivity contribution in [3.8, 4) is 11.8 Å². The van der Waals surface area contributed by atoms with Gasteiger partial charge in [-0.25, -0.2) is 0 Å². The minimum Gasteiger partial charge on any atom is -0.491 e. The second-order valence-corrected chi connectivity index (χ2v) is 9.10. The van der Waals surface area contributed by atoms with Gasteiger partial charge in [0, 0.05) is 11.6 Å². The van der Waals surface area contributed by atoms with E-state index >= 15 is 0 Å². The summed E-state index contributed by atoms with van der Waals surface area (Å²) in [5.74, 6) is 0.709. The van der Waals surface area contributed by atoms with Crippen molar-refractivity contribution in [1.29, 1.82) is 10.7 Å². The maximum absolute atomic E-state index is 11.5. The molecule has 7 heteroatoms. The summed E-state index contributed by atoms with van der Waals surface area (Å²) in [5, 5.41) is 22.7. The highest BCUT2D eigenvalue weighted by atomic mass is 32.2. The van der Waals surface area contributed by atoms with Gasteiger partial charge >= 0.3 is 0 Å². The molecule has 1 unspecified atom stereocenters. The van der Waals surface area contributed by atoms with Crippen LogP contribution in [0.4, 0.5) is 0 Å². The second-order valence-electron chi connectivity index (χ2n) is 7.31. The Balaban J connectivity index is 2.07. The Morgan fingerprint density at radius 3 is 2.85 bits per heavy atom. The molecule has 26 heavy (non-hydrogen) atoms. The molecule has 1 saturated heterocycles. The Morgan fingerprint density at radius 1 is 1.46 bits per heavy atom. The van der Waals surface area contributed by atoms with Crippen LogP contribution in [0.1, 0.15) is 31.9 Å². The summed E-state index contributed by atoms with van der Waals surface area (Å²) in [4.78, 5) is 15.8. The van der Waals surface area contributed by atoms with E-state index in [-0.39, 0.29) is 16.5 Å². The van der Waals surface area contributed by atoms with Gasteiger partial charge in [-0.2, -0.15) is 5.26 Å². The number of nitriles is 1. The molecule has 1 aliphatic heterocycles. The van der Waals surface area contributed by atoms with E-state index in [0.717, 1.165) is 16.5 Å². The first kappa shape index (κ1) is 18.1. The molecule has 3 rings (SSSR count). The first-order chi connectivity index (χ1) is 12.3. The maximum Gasteiger partial charge on any atom is 0.235 e. The van der Waals surface area contributed by atoms with Crippen LogP contribution >= 0.6 is 10.5 Å². The van der Waals surface area contributed by atoms with Gasteiger partial charge in [0.1, 0.15) is 17.4 Å². The average Bonchev–Trinajstić information content (AvgIpc) is 2.88. The fourth-order valence-corrected chi connectivity index (χ4v) is 3.91. The van der Waals surface area contributed by atoms with Crippen LogP contribution in [0.3, 0.4) is 0 Å². The third-order valence-corrected chi connectivity index (χ3v) is 5.45. The van der Waals surface area contributed by atoms with Crippen molar-refractivity contribution in [2.75, 3.05) is 12.4 Å². The zero-order valence-corrected chi connectivity index (χ0v) is 15.7. The minimum absolute atomic E-state index is 0.0433. The SMILES string of the molecule is CC(C)(C)COc1c(C#N)cnc2ccc(/C=S3/CC(=O)NC3=N)cc12. The summed E-state index contributed by atoms with van der Waals surface area (Å²) < 4.78 is 5.99. The quantitative estimate of drug-likeness (QED) is 0.814. The first-order valence-corrected chi connectivity index (χ1v) is 9.61. The normalized spacial score (nSPS) is 17.4. The van der Waals surface area contributed by atoms with Crippen LogP contribution in [0.25, 0.3) is 10.9 Å². The Hall–Kier alpha value is -2.72. The van der Waals surface area contributed by atoms with Gasteiger partial charge in [0.2, 0.25) is 5.91 Å². The van der Waals surface area contributed by atoms with Crippen molar-refractivity contribution in [3.63, 3.8) is 0 Å². The molecule has 2 N–H and O–H groups in total. The van der Waals surface area contributed by atoms with Gasteiger partial charge in [-0.05, 0) is 28.5 Å². The Labute approximate surface area is 154 Å². The maximum atomic E-state index is 11.5. The monoisotopic (exact) mass is 368 g/mol. The lowest BCUT2D eigenvalue weighted by atomic mass is 9.98. The van der Waals surface area contributed by atoms with Gasteiger partial charge in [0.05, 0.1) is 17.9 Å². The molecular formula is C19H20N4O2S. The molecule has 2 aromatic rings. The molecule has 0 radical (unpaired) electrons. The van der Waals surface area contributed by atoms with Gasteiger partial charge in [-0.15, -0.1) is 10.5 Å². The smallest absolute Gasteiger partial charge is 0.235 e. The number of carbonyl (C=O) groups is 1. The van der Waals surface area contributed by atoms with Crippen LogP contribution in [0, 0.1) is 22.2 Å². The average molecular weight is 368 g/mol. The molecule has 0 bridgehead atoms. The Morgan fingerprint density at radius 2 is 2.23 bits per heavy atom. The highest BCUT2D eigenvalue weighted by Gasteiger charge is 2.20. The molecule has 2 heterocycles. The van der Waals surface area contributed by atoms with E-state index in [4.69, 9.17) is 10.1 Å². The van der Waals surface area contributed by atoms with Crippen molar-refractivity contribution >= 4 is 37.8 Å². The first-order valence-electron chi connectivity index (χ1n) is 8.15. The summed E-state index contributed by atoms with van der Waals surface area (Å²) in [5.41, 5.74) is 1.97. The zero-order valence-electron chi connectivity index (χ0n) is 14.9. The van der Waals surface area contributed by atoms with E-state index in [1.54, 1.807) is 0 Å². The number of ether oxygens (including phenoxy) is 1. The lowest BCUT2D eigenvalue weighted by Gasteiger charge is -2.20. The summed E-state index contributed by atoms with van der Waals surface area (Å²) >= 11 is 0. The van der Waals surface area contributed by atoms with Gasteiger partial charge in [0.15, 0.2) is 5.17 Å². The summed E-state index contributed by atoms with van der Waals surface area (Å²) in [6.45, 7) is 6.68. The second kappa shape index (κ2) is 6.89. The summed E-state index contributed by atoms with van der Waals surface area (Å²) in [6.07, 6.45) is 1.53. The molecule has 0 spiro atoms. The predicted octanol–water partition coefficient (Wildman–Crippen LogP) is 3.02. The number of nitrogens with one attached hydrogen (secondary N) is 2. The third kappa shape index (κ3) is 3.92.